The van der Waals surface area contributed by atoms with Gasteiger partial charge in [0, 0.05) is 27.4 Å². The highest BCUT2D eigenvalue weighted by molar-refractivity contribution is 9.10. The minimum atomic E-state index is -0.0112. The summed E-state index contributed by atoms with van der Waals surface area (Å²) < 4.78 is 0.925. The van der Waals surface area contributed by atoms with Crippen molar-refractivity contribution in [2.45, 2.75) is 26.3 Å². The maximum absolute atomic E-state index is 12.2. The van der Waals surface area contributed by atoms with Gasteiger partial charge in [-0.2, -0.15) is 0 Å². The van der Waals surface area contributed by atoms with Crippen molar-refractivity contribution in [2.75, 3.05) is 0 Å². The molecule has 2 nitrogen and oxygen atoms in total. The molecule has 100 valence electrons. The maximum atomic E-state index is 12.2. The molecule has 4 heteroatoms. The smallest absolute Gasteiger partial charge is 0.251 e. The molecule has 2 aromatic rings. The lowest BCUT2D eigenvalue weighted by Gasteiger charge is -2.14. The number of hydrogen-bond acceptors (Lipinski definition) is 2. The van der Waals surface area contributed by atoms with Crippen molar-refractivity contribution in [2.24, 2.45) is 0 Å². The Balaban J connectivity index is 2.02. The lowest BCUT2D eigenvalue weighted by atomic mass is 10.1. The van der Waals surface area contributed by atoms with E-state index >= 15 is 0 Å². The number of carbonyl (C=O) groups is 1. The minimum absolute atomic E-state index is 0.0112. The third-order valence-electron chi connectivity index (χ3n) is 2.91. The normalized spacial score (nSPS) is 12.2. The third-order valence-corrected chi connectivity index (χ3v) is 4.30. The van der Waals surface area contributed by atoms with Crippen LogP contribution in [0.2, 0.25) is 0 Å². The number of hydrogen-bond donors (Lipinski definition) is 1. The first-order chi connectivity index (χ1) is 9.06. The van der Waals surface area contributed by atoms with Gasteiger partial charge >= 0.3 is 0 Å². The fourth-order valence-corrected chi connectivity index (χ4v) is 3.12. The van der Waals surface area contributed by atoms with E-state index in [1.807, 2.05) is 38.1 Å². The quantitative estimate of drug-likeness (QED) is 0.890. The summed E-state index contributed by atoms with van der Waals surface area (Å²) in [5, 5.41) is 5.11. The third kappa shape index (κ3) is 3.91. The van der Waals surface area contributed by atoms with Gasteiger partial charge in [-0.25, -0.2) is 0 Å². The summed E-state index contributed by atoms with van der Waals surface area (Å²) in [6.45, 7) is 3.98. The Bertz CT molecular complexity index is 566. The maximum Gasteiger partial charge on any atom is 0.251 e. The van der Waals surface area contributed by atoms with Gasteiger partial charge in [0.25, 0.3) is 5.91 Å². The summed E-state index contributed by atoms with van der Waals surface area (Å²) in [5.74, 6) is -0.0112. The van der Waals surface area contributed by atoms with E-state index in [9.17, 15) is 4.79 Å². The molecule has 19 heavy (non-hydrogen) atoms. The van der Waals surface area contributed by atoms with Gasteiger partial charge in [-0.05, 0) is 43.0 Å². The lowest BCUT2D eigenvalue weighted by Crippen LogP contribution is -2.34. The lowest BCUT2D eigenvalue weighted by molar-refractivity contribution is 0.0939. The van der Waals surface area contributed by atoms with Gasteiger partial charge in [0.1, 0.15) is 0 Å². The molecule has 1 aromatic heterocycles. The van der Waals surface area contributed by atoms with Crippen molar-refractivity contribution in [3.63, 3.8) is 0 Å². The zero-order valence-electron chi connectivity index (χ0n) is 10.9. The van der Waals surface area contributed by atoms with Crippen LogP contribution in [0, 0.1) is 6.92 Å². The van der Waals surface area contributed by atoms with Gasteiger partial charge < -0.3 is 5.32 Å². The van der Waals surface area contributed by atoms with Gasteiger partial charge in [0.2, 0.25) is 0 Å². The highest BCUT2D eigenvalue weighted by Gasteiger charge is 2.13. The van der Waals surface area contributed by atoms with Crippen molar-refractivity contribution in [3.05, 3.63) is 56.2 Å². The van der Waals surface area contributed by atoms with Crippen LogP contribution in [0.3, 0.4) is 0 Å². The number of rotatable bonds is 4. The first-order valence-electron chi connectivity index (χ1n) is 6.15. The van der Waals surface area contributed by atoms with E-state index in [-0.39, 0.29) is 11.9 Å². The van der Waals surface area contributed by atoms with Crippen molar-refractivity contribution in [3.8, 4) is 0 Å². The summed E-state index contributed by atoms with van der Waals surface area (Å²) in [6, 6.07) is 10.0. The van der Waals surface area contributed by atoms with E-state index in [0.29, 0.717) is 0 Å². The molecule has 1 aromatic carbocycles. The van der Waals surface area contributed by atoms with Crippen LogP contribution in [-0.4, -0.2) is 11.9 Å². The molecule has 1 atom stereocenters. The molecule has 1 heterocycles. The Kier molecular flexibility index (Phi) is 4.77. The van der Waals surface area contributed by atoms with E-state index in [0.717, 1.165) is 22.0 Å². The molecule has 0 saturated heterocycles. The summed E-state index contributed by atoms with van der Waals surface area (Å²) in [5.41, 5.74) is 1.72. The van der Waals surface area contributed by atoms with Crippen LogP contribution in [0.25, 0.3) is 0 Å². The second kappa shape index (κ2) is 6.35. The molecule has 0 radical (unpaired) electrons. The Morgan fingerprint density at radius 2 is 2.21 bits per heavy atom. The monoisotopic (exact) mass is 337 g/mol. The summed E-state index contributed by atoms with van der Waals surface area (Å²) in [6.07, 6.45) is 0.871. The van der Waals surface area contributed by atoms with E-state index in [2.05, 4.69) is 32.7 Å². The van der Waals surface area contributed by atoms with E-state index < -0.39 is 0 Å². The van der Waals surface area contributed by atoms with Crippen LogP contribution in [0.4, 0.5) is 0 Å². The number of carbonyl (C=O) groups excluding carboxylic acids is 1. The summed E-state index contributed by atoms with van der Waals surface area (Å²) in [7, 11) is 0. The standard InChI is InChI=1S/C15H16BrNOS/c1-10-5-6-12(16)9-14(10)15(18)17-11(2)8-13-4-3-7-19-13/h3-7,9,11H,8H2,1-2H3,(H,17,18). The van der Waals surface area contributed by atoms with Crippen LogP contribution in [-0.2, 0) is 6.42 Å². The van der Waals surface area contributed by atoms with Crippen LogP contribution in [0.5, 0.6) is 0 Å². The van der Waals surface area contributed by atoms with Crippen molar-refractivity contribution >= 4 is 33.2 Å². The van der Waals surface area contributed by atoms with E-state index in [1.165, 1.54) is 4.88 Å². The summed E-state index contributed by atoms with van der Waals surface area (Å²) in [4.78, 5) is 13.5. The number of amides is 1. The SMILES string of the molecule is Cc1ccc(Br)cc1C(=O)NC(C)Cc1cccs1. The molecule has 1 N–H and O–H groups in total. The predicted octanol–water partition coefficient (Wildman–Crippen LogP) is 4.18. The second-order valence-corrected chi connectivity index (χ2v) is 6.57. The van der Waals surface area contributed by atoms with Gasteiger partial charge in [0.15, 0.2) is 0 Å². The molecule has 0 saturated carbocycles. The molecule has 0 aliphatic rings. The molecule has 2 rings (SSSR count). The van der Waals surface area contributed by atoms with E-state index in [4.69, 9.17) is 0 Å². The molecule has 0 aliphatic heterocycles. The predicted molar refractivity (Wildman–Crippen MR) is 83.8 cm³/mol. The van der Waals surface area contributed by atoms with Crippen LogP contribution < -0.4 is 5.32 Å². The Morgan fingerprint density at radius 1 is 1.42 bits per heavy atom. The average Bonchev–Trinajstić information content (AvgIpc) is 2.84. The minimum Gasteiger partial charge on any atom is -0.349 e. The number of nitrogens with one attached hydrogen (secondary N) is 1. The van der Waals surface area contributed by atoms with Crippen LogP contribution in [0.15, 0.2) is 40.2 Å². The number of halogens is 1. The Labute approximate surface area is 126 Å². The molecular weight excluding hydrogens is 322 g/mol. The van der Waals surface area contributed by atoms with Crippen LogP contribution in [0.1, 0.15) is 27.7 Å². The average molecular weight is 338 g/mol. The molecule has 0 spiro atoms. The highest BCUT2D eigenvalue weighted by Crippen LogP contribution is 2.16. The molecule has 1 amide bonds. The second-order valence-electron chi connectivity index (χ2n) is 4.62. The first kappa shape index (κ1) is 14.3. The number of benzene rings is 1. The molecule has 0 fully saturated rings. The molecule has 1 unspecified atom stereocenters. The number of aryl methyl sites for hydroxylation is 1. The van der Waals surface area contributed by atoms with Crippen molar-refractivity contribution in [1.29, 1.82) is 0 Å². The molecule has 0 aliphatic carbocycles. The van der Waals surface area contributed by atoms with Crippen LogP contribution >= 0.6 is 27.3 Å². The topological polar surface area (TPSA) is 29.1 Å². The first-order valence-corrected chi connectivity index (χ1v) is 7.83. The van der Waals surface area contributed by atoms with Gasteiger partial charge in [-0.3, -0.25) is 4.79 Å². The van der Waals surface area contributed by atoms with Gasteiger partial charge in [-0.15, -0.1) is 11.3 Å². The zero-order chi connectivity index (χ0) is 13.8. The summed E-state index contributed by atoms with van der Waals surface area (Å²) >= 11 is 5.12. The van der Waals surface area contributed by atoms with Gasteiger partial charge in [-0.1, -0.05) is 28.1 Å². The van der Waals surface area contributed by atoms with Crippen molar-refractivity contribution in [1.82, 2.24) is 5.32 Å². The molecule has 0 bridgehead atoms. The fourth-order valence-electron chi connectivity index (χ4n) is 1.92. The zero-order valence-corrected chi connectivity index (χ0v) is 13.3. The highest BCUT2D eigenvalue weighted by atomic mass is 79.9. The van der Waals surface area contributed by atoms with E-state index in [1.54, 1.807) is 11.3 Å². The largest absolute Gasteiger partial charge is 0.349 e. The fraction of sp³-hybridized carbons (Fsp3) is 0.267. The Hall–Kier alpha value is -1.13. The van der Waals surface area contributed by atoms with Crippen molar-refractivity contribution < 1.29 is 4.79 Å². The van der Waals surface area contributed by atoms with Gasteiger partial charge in [0.05, 0.1) is 0 Å². The number of thiophene rings is 1. The molecular formula is C15H16BrNOS. The Morgan fingerprint density at radius 3 is 2.89 bits per heavy atom.